The maximum atomic E-state index is 6.10. The minimum Gasteiger partial charge on any atom is -0.493 e. The van der Waals surface area contributed by atoms with E-state index in [1.807, 2.05) is 11.6 Å². The Morgan fingerprint density at radius 3 is 2.43 bits per heavy atom. The van der Waals surface area contributed by atoms with E-state index in [1.54, 1.807) is 13.3 Å². The predicted octanol–water partition coefficient (Wildman–Crippen LogP) is 2.40. The molecule has 1 aromatic heterocycles. The summed E-state index contributed by atoms with van der Waals surface area (Å²) in [7, 11) is 1.66. The molecule has 1 heterocycles. The van der Waals surface area contributed by atoms with Crippen molar-refractivity contribution in [2.75, 3.05) is 13.7 Å². The van der Waals surface area contributed by atoms with Crippen LogP contribution in [0, 0.1) is 0 Å². The van der Waals surface area contributed by atoms with E-state index in [1.165, 1.54) is 0 Å². The van der Waals surface area contributed by atoms with Crippen molar-refractivity contribution in [1.29, 1.82) is 0 Å². The average molecular weight is 298 g/mol. The molecule has 0 radical (unpaired) electrons. The maximum Gasteiger partial charge on any atom is 0.161 e. The van der Waals surface area contributed by atoms with Crippen LogP contribution in [0.1, 0.15) is 58.7 Å². The molecular formula is C15H30N4O2. The predicted molar refractivity (Wildman–Crippen MR) is 84.1 cm³/mol. The second-order valence-electron chi connectivity index (χ2n) is 5.13. The van der Waals surface area contributed by atoms with Gasteiger partial charge in [0.2, 0.25) is 0 Å². The average Bonchev–Trinajstić information content (AvgIpc) is 2.90. The molecular weight excluding hydrogens is 268 g/mol. The number of rotatable bonds is 10. The highest BCUT2D eigenvalue weighted by molar-refractivity contribution is 5.30. The summed E-state index contributed by atoms with van der Waals surface area (Å²) in [6.45, 7) is 9.84. The normalized spacial score (nSPS) is 13.4. The van der Waals surface area contributed by atoms with Crippen molar-refractivity contribution in [2.24, 2.45) is 5.84 Å². The van der Waals surface area contributed by atoms with Crippen LogP contribution in [0.25, 0.3) is 0 Å². The molecule has 0 spiro atoms. The second kappa shape index (κ2) is 8.36. The first kappa shape index (κ1) is 17.9. The number of hydrogen-bond donors (Lipinski definition) is 2. The molecule has 0 amide bonds. The van der Waals surface area contributed by atoms with Gasteiger partial charge in [-0.3, -0.25) is 10.5 Å². The van der Waals surface area contributed by atoms with Crippen molar-refractivity contribution in [3.05, 3.63) is 11.9 Å². The zero-order valence-corrected chi connectivity index (χ0v) is 14.0. The molecule has 0 aliphatic carbocycles. The van der Waals surface area contributed by atoms with Gasteiger partial charge in [-0.1, -0.05) is 20.8 Å². The first-order valence-electron chi connectivity index (χ1n) is 7.83. The standard InChI is InChI=1S/C15H30N4O2/c1-6-10-19-13(12(20-5)11-17-19)14(18-16)15(7-2,8-3)21-9-4/h11,14,18H,6-10,16H2,1-5H3. The molecule has 6 nitrogen and oxygen atoms in total. The van der Waals surface area contributed by atoms with Gasteiger partial charge in [-0.25, -0.2) is 5.43 Å². The van der Waals surface area contributed by atoms with Gasteiger partial charge in [0.05, 0.1) is 24.9 Å². The Kier molecular flexibility index (Phi) is 7.14. The first-order valence-corrected chi connectivity index (χ1v) is 7.83. The van der Waals surface area contributed by atoms with Gasteiger partial charge in [0.25, 0.3) is 0 Å². The Morgan fingerprint density at radius 2 is 2.00 bits per heavy atom. The summed E-state index contributed by atoms with van der Waals surface area (Å²) < 4.78 is 13.5. The lowest BCUT2D eigenvalue weighted by molar-refractivity contribution is -0.0756. The van der Waals surface area contributed by atoms with Crippen LogP contribution < -0.4 is 16.0 Å². The number of nitrogens with one attached hydrogen (secondary N) is 1. The van der Waals surface area contributed by atoms with Crippen molar-refractivity contribution in [3.63, 3.8) is 0 Å². The Labute approximate surface area is 128 Å². The number of hydrazine groups is 1. The molecule has 6 heteroatoms. The highest BCUT2D eigenvalue weighted by Crippen LogP contribution is 2.38. The number of methoxy groups -OCH3 is 1. The lowest BCUT2D eigenvalue weighted by Gasteiger charge is -2.39. The summed E-state index contributed by atoms with van der Waals surface area (Å²) in [6.07, 6.45) is 4.45. The van der Waals surface area contributed by atoms with Gasteiger partial charge < -0.3 is 9.47 Å². The second-order valence-corrected chi connectivity index (χ2v) is 5.13. The lowest BCUT2D eigenvalue weighted by atomic mass is 9.86. The van der Waals surface area contributed by atoms with Crippen molar-refractivity contribution in [2.45, 2.75) is 65.1 Å². The Morgan fingerprint density at radius 1 is 1.33 bits per heavy atom. The molecule has 1 aromatic rings. The summed E-state index contributed by atoms with van der Waals surface area (Å²) in [5, 5.41) is 4.43. The molecule has 3 N–H and O–H groups in total. The van der Waals surface area contributed by atoms with E-state index in [4.69, 9.17) is 15.3 Å². The maximum absolute atomic E-state index is 6.10. The van der Waals surface area contributed by atoms with E-state index in [0.717, 1.165) is 37.3 Å². The van der Waals surface area contributed by atoms with Gasteiger partial charge in [0.15, 0.2) is 5.75 Å². The molecule has 1 unspecified atom stereocenters. The minimum atomic E-state index is -0.373. The van der Waals surface area contributed by atoms with Crippen LogP contribution in [-0.2, 0) is 11.3 Å². The van der Waals surface area contributed by atoms with Gasteiger partial charge in [-0.2, -0.15) is 5.10 Å². The lowest BCUT2D eigenvalue weighted by Crippen LogP contribution is -2.49. The number of aromatic nitrogens is 2. The summed E-state index contributed by atoms with van der Waals surface area (Å²) in [5.41, 5.74) is 3.52. The SMILES string of the molecule is CCCn1ncc(OC)c1C(NN)C(CC)(CC)OCC. The number of ether oxygens (including phenoxy) is 2. The van der Waals surface area contributed by atoms with E-state index >= 15 is 0 Å². The molecule has 122 valence electrons. The van der Waals surface area contributed by atoms with Gasteiger partial charge >= 0.3 is 0 Å². The van der Waals surface area contributed by atoms with E-state index in [-0.39, 0.29) is 11.6 Å². The Balaban J connectivity index is 3.32. The largest absolute Gasteiger partial charge is 0.493 e. The van der Waals surface area contributed by atoms with E-state index in [9.17, 15) is 0 Å². The van der Waals surface area contributed by atoms with Crippen LogP contribution in [0.4, 0.5) is 0 Å². The molecule has 0 bridgehead atoms. The molecule has 1 atom stereocenters. The number of aryl methyl sites for hydroxylation is 1. The van der Waals surface area contributed by atoms with E-state index < -0.39 is 0 Å². The first-order chi connectivity index (χ1) is 10.1. The monoisotopic (exact) mass is 298 g/mol. The summed E-state index contributed by atoms with van der Waals surface area (Å²) >= 11 is 0. The zero-order chi connectivity index (χ0) is 15.9. The van der Waals surface area contributed by atoms with Crippen molar-refractivity contribution in [3.8, 4) is 5.75 Å². The fourth-order valence-corrected chi connectivity index (χ4v) is 2.93. The van der Waals surface area contributed by atoms with Crippen LogP contribution in [0.15, 0.2) is 6.20 Å². The molecule has 21 heavy (non-hydrogen) atoms. The molecule has 0 aliphatic rings. The van der Waals surface area contributed by atoms with Gasteiger partial charge in [-0.15, -0.1) is 0 Å². The van der Waals surface area contributed by atoms with Gasteiger partial charge in [0.1, 0.15) is 5.69 Å². The van der Waals surface area contributed by atoms with Gasteiger partial charge in [0, 0.05) is 13.2 Å². The minimum absolute atomic E-state index is 0.170. The van der Waals surface area contributed by atoms with Crippen LogP contribution in [0.2, 0.25) is 0 Å². The third-order valence-corrected chi connectivity index (χ3v) is 4.10. The van der Waals surface area contributed by atoms with Crippen molar-refractivity contribution in [1.82, 2.24) is 15.2 Å². The Bertz CT molecular complexity index is 416. The summed E-state index contributed by atoms with van der Waals surface area (Å²) in [5.74, 6) is 6.64. The fourth-order valence-electron chi connectivity index (χ4n) is 2.93. The highest BCUT2D eigenvalue weighted by atomic mass is 16.5. The molecule has 1 rings (SSSR count). The summed E-state index contributed by atoms with van der Waals surface area (Å²) in [4.78, 5) is 0. The van der Waals surface area contributed by atoms with Crippen molar-refractivity contribution >= 4 is 0 Å². The molecule has 0 fully saturated rings. The third kappa shape index (κ3) is 3.56. The van der Waals surface area contributed by atoms with E-state index in [2.05, 4.69) is 31.3 Å². The third-order valence-electron chi connectivity index (χ3n) is 4.10. The van der Waals surface area contributed by atoms with Crippen LogP contribution in [0.3, 0.4) is 0 Å². The van der Waals surface area contributed by atoms with Crippen LogP contribution in [-0.4, -0.2) is 29.1 Å². The quantitative estimate of drug-likeness (QED) is 0.512. The molecule has 0 saturated carbocycles. The molecule has 0 aromatic carbocycles. The van der Waals surface area contributed by atoms with E-state index in [0.29, 0.717) is 6.61 Å². The number of nitrogens with two attached hydrogens (primary N) is 1. The zero-order valence-electron chi connectivity index (χ0n) is 14.0. The summed E-state index contributed by atoms with van der Waals surface area (Å²) in [6, 6.07) is -0.170. The van der Waals surface area contributed by atoms with Crippen molar-refractivity contribution < 1.29 is 9.47 Å². The van der Waals surface area contributed by atoms with Crippen LogP contribution in [0.5, 0.6) is 5.75 Å². The number of hydrogen-bond acceptors (Lipinski definition) is 5. The van der Waals surface area contributed by atoms with Crippen LogP contribution >= 0.6 is 0 Å². The number of nitrogens with zero attached hydrogens (tertiary/aromatic N) is 2. The fraction of sp³-hybridized carbons (Fsp3) is 0.800. The molecule has 0 saturated heterocycles. The van der Waals surface area contributed by atoms with Gasteiger partial charge in [-0.05, 0) is 26.2 Å². The Hall–Kier alpha value is -1.11. The smallest absolute Gasteiger partial charge is 0.161 e. The topological polar surface area (TPSA) is 74.3 Å². The highest BCUT2D eigenvalue weighted by Gasteiger charge is 2.40. The molecule has 0 aliphatic heterocycles.